The number of anilines is 1. The molecular formula is C19H26N4. The molecule has 0 spiro atoms. The molecule has 23 heavy (non-hydrogen) atoms. The van der Waals surface area contributed by atoms with Crippen LogP contribution in [0.25, 0.3) is 0 Å². The minimum Gasteiger partial charge on any atom is -0.384 e. The van der Waals surface area contributed by atoms with Gasteiger partial charge in [0.1, 0.15) is 5.82 Å². The molecule has 4 nitrogen and oxygen atoms in total. The van der Waals surface area contributed by atoms with Gasteiger partial charge in [0.25, 0.3) is 0 Å². The molecule has 2 heterocycles. The van der Waals surface area contributed by atoms with E-state index >= 15 is 0 Å². The molecule has 3 rings (SSSR count). The van der Waals surface area contributed by atoms with Crippen molar-refractivity contribution in [1.29, 1.82) is 0 Å². The lowest BCUT2D eigenvalue weighted by Crippen LogP contribution is -2.40. The van der Waals surface area contributed by atoms with Gasteiger partial charge in [0, 0.05) is 24.1 Å². The first-order valence-electron chi connectivity index (χ1n) is 8.63. The largest absolute Gasteiger partial charge is 0.384 e. The lowest BCUT2D eigenvalue weighted by molar-refractivity contribution is 0.186. The molecule has 2 aromatic heterocycles. The van der Waals surface area contributed by atoms with Crippen molar-refractivity contribution in [3.63, 3.8) is 0 Å². The first-order valence-corrected chi connectivity index (χ1v) is 8.63. The number of rotatable bonds is 6. The zero-order chi connectivity index (χ0) is 16.1. The van der Waals surface area contributed by atoms with Gasteiger partial charge in [-0.3, -0.25) is 4.98 Å². The Morgan fingerprint density at radius 1 is 1.30 bits per heavy atom. The van der Waals surface area contributed by atoms with Gasteiger partial charge in [0.15, 0.2) is 0 Å². The van der Waals surface area contributed by atoms with Crippen molar-refractivity contribution in [2.45, 2.75) is 45.1 Å². The molecule has 0 radical (unpaired) electrons. The summed E-state index contributed by atoms with van der Waals surface area (Å²) < 4.78 is 0. The van der Waals surface area contributed by atoms with Crippen LogP contribution in [0.2, 0.25) is 0 Å². The predicted octanol–water partition coefficient (Wildman–Crippen LogP) is 2.87. The molecule has 0 amide bonds. The molecule has 1 atom stereocenters. The Hall–Kier alpha value is -1.94. The normalized spacial score (nSPS) is 17.2. The molecule has 0 aromatic carbocycles. The quantitative estimate of drug-likeness (QED) is 0.891. The lowest BCUT2D eigenvalue weighted by atomic mass is 9.90. The van der Waals surface area contributed by atoms with Gasteiger partial charge in [0.05, 0.1) is 0 Å². The molecule has 0 fully saturated rings. The Morgan fingerprint density at radius 3 is 3.00 bits per heavy atom. The van der Waals surface area contributed by atoms with E-state index in [4.69, 9.17) is 5.73 Å². The number of aromatic nitrogens is 2. The maximum absolute atomic E-state index is 5.80. The standard InChI is InChI=1S/C19H26N4/c1-2-23(12-4-6-15-5-3-11-21-14-15)17-8-9-18-16(13-17)7-10-19(20)22-18/h3,5,7,10-11,14,17H,2,4,6,8-9,12-13H2,1H3,(H2,20,22). The third-order valence-electron chi connectivity index (χ3n) is 4.82. The SMILES string of the molecule is CCN(CCCc1cccnc1)C1CCc2nc(N)ccc2C1. The van der Waals surface area contributed by atoms with Crippen LogP contribution in [0.3, 0.4) is 0 Å². The van der Waals surface area contributed by atoms with Crippen molar-refractivity contribution in [1.82, 2.24) is 14.9 Å². The average Bonchev–Trinajstić information content (AvgIpc) is 2.59. The van der Waals surface area contributed by atoms with Crippen LogP contribution < -0.4 is 5.73 Å². The van der Waals surface area contributed by atoms with Crippen LogP contribution in [0.4, 0.5) is 5.82 Å². The summed E-state index contributed by atoms with van der Waals surface area (Å²) in [4.78, 5) is 11.3. The molecule has 1 aliphatic rings. The maximum atomic E-state index is 5.80. The van der Waals surface area contributed by atoms with Gasteiger partial charge in [-0.2, -0.15) is 0 Å². The molecule has 0 aliphatic heterocycles. The van der Waals surface area contributed by atoms with Crippen molar-refractivity contribution in [2.75, 3.05) is 18.8 Å². The van der Waals surface area contributed by atoms with Gasteiger partial charge in [-0.15, -0.1) is 0 Å². The highest BCUT2D eigenvalue weighted by molar-refractivity contribution is 5.36. The molecule has 0 saturated heterocycles. The summed E-state index contributed by atoms with van der Waals surface area (Å²) in [5.41, 5.74) is 9.71. The first kappa shape index (κ1) is 15.9. The zero-order valence-corrected chi connectivity index (χ0v) is 13.9. The van der Waals surface area contributed by atoms with Crippen LogP contribution >= 0.6 is 0 Å². The van der Waals surface area contributed by atoms with Crippen LogP contribution in [-0.2, 0) is 19.3 Å². The number of fused-ring (bicyclic) bond motifs is 1. The van der Waals surface area contributed by atoms with Crippen molar-refractivity contribution >= 4 is 5.82 Å². The monoisotopic (exact) mass is 310 g/mol. The predicted molar refractivity (Wildman–Crippen MR) is 94.3 cm³/mol. The molecule has 1 aliphatic carbocycles. The van der Waals surface area contributed by atoms with E-state index < -0.39 is 0 Å². The highest BCUT2D eigenvalue weighted by Crippen LogP contribution is 2.24. The number of aryl methyl sites for hydroxylation is 2. The van der Waals surface area contributed by atoms with Crippen LogP contribution in [0, 0.1) is 0 Å². The fraction of sp³-hybridized carbons (Fsp3) is 0.474. The Balaban J connectivity index is 1.55. The van der Waals surface area contributed by atoms with Crippen LogP contribution in [0.1, 0.15) is 36.6 Å². The van der Waals surface area contributed by atoms with Crippen molar-refractivity contribution < 1.29 is 0 Å². The number of likely N-dealkylation sites (N-methyl/N-ethyl adjacent to an activating group) is 1. The Kier molecular flexibility index (Phi) is 5.23. The van der Waals surface area contributed by atoms with E-state index in [0.717, 1.165) is 32.4 Å². The summed E-state index contributed by atoms with van der Waals surface area (Å²) in [5, 5.41) is 0. The summed E-state index contributed by atoms with van der Waals surface area (Å²) in [7, 11) is 0. The van der Waals surface area contributed by atoms with Crippen LogP contribution in [0.15, 0.2) is 36.7 Å². The van der Waals surface area contributed by atoms with Gasteiger partial charge in [0.2, 0.25) is 0 Å². The molecular weight excluding hydrogens is 284 g/mol. The summed E-state index contributed by atoms with van der Waals surface area (Å²) in [5.74, 6) is 0.644. The van der Waals surface area contributed by atoms with Crippen molar-refractivity contribution in [3.05, 3.63) is 53.5 Å². The fourth-order valence-electron chi connectivity index (χ4n) is 3.55. The van der Waals surface area contributed by atoms with Gasteiger partial charge >= 0.3 is 0 Å². The smallest absolute Gasteiger partial charge is 0.123 e. The number of pyridine rings is 2. The molecule has 2 N–H and O–H groups in total. The maximum Gasteiger partial charge on any atom is 0.123 e. The van der Waals surface area contributed by atoms with E-state index in [1.165, 1.54) is 29.7 Å². The van der Waals surface area contributed by atoms with E-state index in [-0.39, 0.29) is 0 Å². The third-order valence-corrected chi connectivity index (χ3v) is 4.82. The lowest BCUT2D eigenvalue weighted by Gasteiger charge is -2.34. The molecule has 2 aromatic rings. The van der Waals surface area contributed by atoms with E-state index in [1.54, 1.807) is 0 Å². The topological polar surface area (TPSA) is 55.0 Å². The Bertz CT molecular complexity index is 627. The average molecular weight is 310 g/mol. The highest BCUT2D eigenvalue weighted by Gasteiger charge is 2.23. The van der Waals surface area contributed by atoms with Crippen molar-refractivity contribution in [2.24, 2.45) is 0 Å². The van der Waals surface area contributed by atoms with Crippen LogP contribution in [0.5, 0.6) is 0 Å². The first-order chi connectivity index (χ1) is 11.3. The number of nitrogens with two attached hydrogens (primary N) is 1. The minimum atomic E-state index is 0.631. The summed E-state index contributed by atoms with van der Waals surface area (Å²) in [6.45, 7) is 4.52. The molecule has 1 unspecified atom stereocenters. The van der Waals surface area contributed by atoms with Crippen LogP contribution in [-0.4, -0.2) is 34.0 Å². The number of nitrogen functional groups attached to an aromatic ring is 1. The number of hydrogen-bond acceptors (Lipinski definition) is 4. The second kappa shape index (κ2) is 7.55. The minimum absolute atomic E-state index is 0.631. The second-order valence-electron chi connectivity index (χ2n) is 6.33. The van der Waals surface area contributed by atoms with E-state index in [0.29, 0.717) is 11.9 Å². The fourth-order valence-corrected chi connectivity index (χ4v) is 3.55. The van der Waals surface area contributed by atoms with E-state index in [9.17, 15) is 0 Å². The number of nitrogens with zero attached hydrogens (tertiary/aromatic N) is 3. The van der Waals surface area contributed by atoms with Gasteiger partial charge < -0.3 is 10.6 Å². The van der Waals surface area contributed by atoms with Gasteiger partial charge in [-0.05, 0) is 68.5 Å². The Morgan fingerprint density at radius 2 is 2.22 bits per heavy atom. The Labute approximate surface area is 138 Å². The molecule has 4 heteroatoms. The third kappa shape index (κ3) is 4.08. The summed E-state index contributed by atoms with van der Waals surface area (Å²) in [6, 6.07) is 8.90. The van der Waals surface area contributed by atoms with Gasteiger partial charge in [-0.1, -0.05) is 19.1 Å². The van der Waals surface area contributed by atoms with E-state index in [1.807, 2.05) is 24.5 Å². The van der Waals surface area contributed by atoms with Crippen molar-refractivity contribution in [3.8, 4) is 0 Å². The second-order valence-corrected chi connectivity index (χ2v) is 6.33. The molecule has 0 saturated carbocycles. The zero-order valence-electron chi connectivity index (χ0n) is 13.9. The summed E-state index contributed by atoms with van der Waals surface area (Å²) in [6.07, 6.45) is 9.43. The molecule has 122 valence electrons. The summed E-state index contributed by atoms with van der Waals surface area (Å²) >= 11 is 0. The van der Waals surface area contributed by atoms with E-state index in [2.05, 4.69) is 33.9 Å². The van der Waals surface area contributed by atoms with Gasteiger partial charge in [-0.25, -0.2) is 4.98 Å². The highest BCUT2D eigenvalue weighted by atomic mass is 15.1. The molecule has 0 bridgehead atoms. The number of hydrogen-bond donors (Lipinski definition) is 1.